The molecule has 172 valence electrons. The Bertz CT molecular complexity index is 981. The van der Waals surface area contributed by atoms with Crippen molar-refractivity contribution < 1.29 is 19.8 Å². The number of benzene rings is 1. The number of thiophene rings is 1. The van der Waals surface area contributed by atoms with Gasteiger partial charge in [0.2, 0.25) is 5.91 Å². The van der Waals surface area contributed by atoms with Gasteiger partial charge in [0.05, 0.1) is 5.56 Å². The second kappa shape index (κ2) is 9.73. The third-order valence-corrected chi connectivity index (χ3v) is 7.97. The van der Waals surface area contributed by atoms with E-state index in [0.29, 0.717) is 29.3 Å². The second-order valence-electron chi connectivity index (χ2n) is 9.25. The minimum atomic E-state index is -1.50. The summed E-state index contributed by atoms with van der Waals surface area (Å²) in [6.45, 7) is 4.26. The van der Waals surface area contributed by atoms with E-state index in [2.05, 4.69) is 24.5 Å². The van der Waals surface area contributed by atoms with Crippen molar-refractivity contribution in [3.63, 3.8) is 0 Å². The van der Waals surface area contributed by atoms with Crippen molar-refractivity contribution in [3.05, 3.63) is 45.8 Å². The van der Waals surface area contributed by atoms with Gasteiger partial charge in [-0.2, -0.15) is 0 Å². The van der Waals surface area contributed by atoms with Gasteiger partial charge in [-0.15, -0.1) is 11.3 Å². The summed E-state index contributed by atoms with van der Waals surface area (Å²) in [7, 11) is 0. The third kappa shape index (κ3) is 4.75. The maximum atomic E-state index is 13.3. The molecule has 2 unspecified atom stereocenters. The van der Waals surface area contributed by atoms with Crippen molar-refractivity contribution in [1.82, 2.24) is 0 Å². The van der Waals surface area contributed by atoms with Gasteiger partial charge in [0.25, 0.3) is 5.91 Å². The number of fused-ring (bicyclic) bond motifs is 1. The van der Waals surface area contributed by atoms with Gasteiger partial charge < -0.3 is 20.8 Å². The first kappa shape index (κ1) is 23.0. The molecule has 2 amide bonds. The molecule has 4 N–H and O–H groups in total. The van der Waals surface area contributed by atoms with Gasteiger partial charge in [0.15, 0.2) is 6.29 Å². The van der Waals surface area contributed by atoms with Crippen LogP contribution in [-0.4, -0.2) is 28.3 Å². The molecule has 2 aliphatic carbocycles. The van der Waals surface area contributed by atoms with Crippen molar-refractivity contribution in [2.45, 2.75) is 71.0 Å². The molecule has 0 radical (unpaired) electrons. The van der Waals surface area contributed by atoms with Crippen molar-refractivity contribution in [1.29, 1.82) is 0 Å². The molecule has 0 bridgehead atoms. The number of carbonyl (C=O) groups is 2. The molecule has 32 heavy (non-hydrogen) atoms. The normalized spacial score (nSPS) is 20.4. The van der Waals surface area contributed by atoms with E-state index in [1.54, 1.807) is 0 Å². The Labute approximate surface area is 193 Å². The molecule has 1 fully saturated rings. The van der Waals surface area contributed by atoms with Crippen molar-refractivity contribution in [3.8, 4) is 0 Å². The van der Waals surface area contributed by atoms with E-state index >= 15 is 0 Å². The zero-order valence-corrected chi connectivity index (χ0v) is 19.5. The Kier molecular flexibility index (Phi) is 6.98. The molecular weight excluding hydrogens is 424 g/mol. The van der Waals surface area contributed by atoms with Gasteiger partial charge in [-0.05, 0) is 61.3 Å². The van der Waals surface area contributed by atoms with E-state index in [9.17, 15) is 19.8 Å². The van der Waals surface area contributed by atoms with E-state index in [1.807, 2.05) is 24.3 Å². The largest absolute Gasteiger partial charge is 0.368 e. The molecule has 2 aliphatic rings. The number of hydrogen-bond acceptors (Lipinski definition) is 5. The number of aryl methyl sites for hydroxylation is 1. The SMILES string of the molecule is CC(C)c1ccc(NC(=O)c2c(NC(=O)C3CCCCC3C(O)O)sc3c2CCC3)cc1. The van der Waals surface area contributed by atoms with E-state index in [0.717, 1.165) is 48.2 Å². The van der Waals surface area contributed by atoms with Crippen LogP contribution in [0.15, 0.2) is 24.3 Å². The highest BCUT2D eigenvalue weighted by molar-refractivity contribution is 7.17. The average Bonchev–Trinajstić information content (AvgIpc) is 3.34. The van der Waals surface area contributed by atoms with Crippen LogP contribution in [0.2, 0.25) is 0 Å². The number of nitrogens with one attached hydrogen (secondary N) is 2. The number of rotatable bonds is 6. The Morgan fingerprint density at radius 2 is 1.72 bits per heavy atom. The van der Waals surface area contributed by atoms with Crippen molar-refractivity contribution in [2.75, 3.05) is 10.6 Å². The van der Waals surface area contributed by atoms with Crippen LogP contribution in [0, 0.1) is 11.8 Å². The number of amides is 2. The topological polar surface area (TPSA) is 98.7 Å². The minimum absolute atomic E-state index is 0.209. The number of carbonyl (C=O) groups excluding carboxylic acids is 2. The molecule has 1 aromatic carbocycles. The Balaban J connectivity index is 1.55. The van der Waals surface area contributed by atoms with Gasteiger partial charge in [0.1, 0.15) is 5.00 Å². The predicted octanol–water partition coefficient (Wildman–Crippen LogP) is 4.67. The molecule has 7 heteroatoms. The molecule has 6 nitrogen and oxygen atoms in total. The molecule has 2 atom stereocenters. The van der Waals surface area contributed by atoms with E-state index in [1.165, 1.54) is 16.9 Å². The fourth-order valence-electron chi connectivity index (χ4n) is 4.92. The Hall–Kier alpha value is -2.22. The lowest BCUT2D eigenvalue weighted by molar-refractivity contribution is -0.138. The maximum Gasteiger partial charge on any atom is 0.258 e. The summed E-state index contributed by atoms with van der Waals surface area (Å²) in [4.78, 5) is 27.5. The van der Waals surface area contributed by atoms with Crippen LogP contribution in [0.1, 0.15) is 78.2 Å². The van der Waals surface area contributed by atoms with Crippen LogP contribution >= 0.6 is 11.3 Å². The molecule has 1 heterocycles. The quantitative estimate of drug-likeness (QED) is 0.475. The Morgan fingerprint density at radius 1 is 1.00 bits per heavy atom. The molecule has 0 spiro atoms. The van der Waals surface area contributed by atoms with Crippen LogP contribution in [0.5, 0.6) is 0 Å². The summed E-state index contributed by atoms with van der Waals surface area (Å²) in [6.07, 6.45) is 4.29. The highest BCUT2D eigenvalue weighted by atomic mass is 32.1. The molecule has 1 saturated carbocycles. The molecule has 4 rings (SSSR count). The highest BCUT2D eigenvalue weighted by Crippen LogP contribution is 2.41. The number of anilines is 2. The smallest absolute Gasteiger partial charge is 0.258 e. The van der Waals surface area contributed by atoms with Crippen LogP contribution in [0.4, 0.5) is 10.7 Å². The van der Waals surface area contributed by atoms with Crippen molar-refractivity contribution in [2.24, 2.45) is 11.8 Å². The lowest BCUT2D eigenvalue weighted by Gasteiger charge is -2.31. The van der Waals surface area contributed by atoms with Crippen LogP contribution in [-0.2, 0) is 17.6 Å². The molecular formula is C25H32N2O4S. The fraction of sp³-hybridized carbons (Fsp3) is 0.520. The first-order valence-corrected chi connectivity index (χ1v) is 12.4. The Morgan fingerprint density at radius 3 is 2.41 bits per heavy atom. The van der Waals surface area contributed by atoms with Crippen LogP contribution in [0.25, 0.3) is 0 Å². The monoisotopic (exact) mass is 456 g/mol. The zero-order chi connectivity index (χ0) is 22.8. The second-order valence-corrected chi connectivity index (χ2v) is 10.4. The van der Waals surface area contributed by atoms with E-state index in [4.69, 9.17) is 0 Å². The molecule has 0 aliphatic heterocycles. The van der Waals surface area contributed by atoms with Crippen LogP contribution in [0.3, 0.4) is 0 Å². The number of aliphatic hydroxyl groups excluding tert-OH is 1. The summed E-state index contributed by atoms with van der Waals surface area (Å²) in [5.74, 6) is -0.937. The minimum Gasteiger partial charge on any atom is -0.368 e. The molecule has 0 saturated heterocycles. The first-order chi connectivity index (χ1) is 15.3. The van der Waals surface area contributed by atoms with Crippen LogP contribution < -0.4 is 10.6 Å². The maximum absolute atomic E-state index is 13.3. The molecule has 1 aromatic heterocycles. The number of hydrogen-bond donors (Lipinski definition) is 4. The summed E-state index contributed by atoms with van der Waals surface area (Å²) in [5, 5.41) is 26.0. The first-order valence-electron chi connectivity index (χ1n) is 11.6. The van der Waals surface area contributed by atoms with Gasteiger partial charge in [-0.1, -0.05) is 38.8 Å². The lowest BCUT2D eigenvalue weighted by atomic mass is 9.78. The summed E-state index contributed by atoms with van der Waals surface area (Å²) < 4.78 is 0. The van der Waals surface area contributed by atoms with Gasteiger partial charge >= 0.3 is 0 Å². The zero-order valence-electron chi connectivity index (χ0n) is 18.7. The summed E-state index contributed by atoms with van der Waals surface area (Å²) in [6, 6.07) is 7.86. The summed E-state index contributed by atoms with van der Waals surface area (Å²) in [5.41, 5.74) is 3.52. The number of aliphatic hydroxyl groups is 2. The fourth-order valence-corrected chi connectivity index (χ4v) is 6.21. The third-order valence-electron chi connectivity index (χ3n) is 6.76. The summed E-state index contributed by atoms with van der Waals surface area (Å²) >= 11 is 1.48. The average molecular weight is 457 g/mol. The standard InChI is InChI=1S/C25H32N2O4S/c1-14(2)15-10-12-16(13-11-15)26-23(29)21-19-8-5-9-20(19)32-24(21)27-22(28)17-6-3-4-7-18(17)25(30)31/h10-14,17-18,25,30-31H,3-9H2,1-2H3,(H,26,29)(H,27,28). The van der Waals surface area contributed by atoms with Gasteiger partial charge in [-0.3, -0.25) is 9.59 Å². The lowest BCUT2D eigenvalue weighted by Crippen LogP contribution is -2.38. The van der Waals surface area contributed by atoms with E-state index in [-0.39, 0.29) is 11.8 Å². The van der Waals surface area contributed by atoms with Gasteiger partial charge in [-0.25, -0.2) is 0 Å². The predicted molar refractivity (Wildman–Crippen MR) is 127 cm³/mol. The van der Waals surface area contributed by atoms with E-state index < -0.39 is 18.1 Å². The molecule has 2 aromatic rings. The van der Waals surface area contributed by atoms with Crippen molar-refractivity contribution >= 4 is 33.8 Å². The van der Waals surface area contributed by atoms with Gasteiger partial charge in [0, 0.05) is 22.4 Å². The highest BCUT2D eigenvalue weighted by Gasteiger charge is 2.36.